The minimum atomic E-state index is -1.26. The number of hydrogen-bond donors (Lipinski definition) is 1. The molecule has 4 bridgehead atoms. The molecule has 1 aromatic rings. The molecule has 0 amide bonds. The molecule has 9 nitrogen and oxygen atoms in total. The van der Waals surface area contributed by atoms with E-state index in [-0.39, 0.29) is 45.2 Å². The van der Waals surface area contributed by atoms with Gasteiger partial charge in [0.15, 0.2) is 0 Å². The molecule has 12 heteroatoms. The number of carbonyl (C=O) groups is 4. The fraction of sp³-hybridized carbons (Fsp3) is 0.737. The van der Waals surface area contributed by atoms with Crippen LogP contribution < -0.4 is 0 Å². The van der Waals surface area contributed by atoms with Gasteiger partial charge in [-0.3, -0.25) is 14.4 Å². The third-order valence-corrected chi connectivity index (χ3v) is 15.3. The summed E-state index contributed by atoms with van der Waals surface area (Å²) in [5.41, 5.74) is -3.62. The first-order valence-electron chi connectivity index (χ1n) is 17.8. The molecule has 0 saturated heterocycles. The van der Waals surface area contributed by atoms with Crippen molar-refractivity contribution < 1.29 is 43.2 Å². The third kappa shape index (κ3) is 8.95. The maximum absolute atomic E-state index is 14.8. The first-order valence-corrected chi connectivity index (χ1v) is 21.1. The standard InChI is InChI=1S/C38H53I3O9/c1-8-36(6,33(45)49-12-11-47-31(43)28-18-27(39)19-29(40)30(28)41)21-37(7,20-35(4,5)32(44)48-10-9-42)34(46)50-38(22(2)3)25-14-23-13-24(16-25)17-26(38)15-23/h18-19,22-26,42H,8-17,20-21H2,1-7H3. The second-order valence-corrected chi connectivity index (χ2v) is 19.8. The Morgan fingerprint density at radius 3 is 1.90 bits per heavy atom. The van der Waals surface area contributed by atoms with Gasteiger partial charge in [-0.1, -0.05) is 20.8 Å². The molecule has 5 rings (SSSR count). The second kappa shape index (κ2) is 16.7. The van der Waals surface area contributed by atoms with Crippen molar-refractivity contribution in [2.75, 3.05) is 26.4 Å². The van der Waals surface area contributed by atoms with Gasteiger partial charge in [0, 0.05) is 10.7 Å². The number of halogens is 3. The minimum absolute atomic E-state index is 0.0750. The molecule has 2 atom stereocenters. The van der Waals surface area contributed by atoms with E-state index in [2.05, 4.69) is 81.6 Å². The predicted molar refractivity (Wildman–Crippen MR) is 214 cm³/mol. The normalized spacial score (nSPS) is 26.6. The van der Waals surface area contributed by atoms with Crippen molar-refractivity contribution in [2.45, 2.75) is 105 Å². The maximum atomic E-state index is 14.8. The van der Waals surface area contributed by atoms with Gasteiger partial charge in [0.25, 0.3) is 0 Å². The molecular weight excluding hydrogens is 981 g/mol. The molecule has 0 aromatic heterocycles. The average Bonchev–Trinajstić information content (AvgIpc) is 3.03. The van der Waals surface area contributed by atoms with Crippen LogP contribution in [-0.2, 0) is 33.3 Å². The van der Waals surface area contributed by atoms with Crippen molar-refractivity contribution in [3.63, 3.8) is 0 Å². The van der Waals surface area contributed by atoms with Crippen LogP contribution in [0.15, 0.2) is 12.1 Å². The Balaban J connectivity index is 1.54. The van der Waals surface area contributed by atoms with Gasteiger partial charge in [-0.15, -0.1) is 0 Å². The van der Waals surface area contributed by atoms with Crippen molar-refractivity contribution in [3.05, 3.63) is 28.4 Å². The smallest absolute Gasteiger partial charge is 0.339 e. The molecule has 4 aliphatic rings. The molecule has 1 N–H and O–H groups in total. The highest BCUT2D eigenvalue weighted by atomic mass is 127. The van der Waals surface area contributed by atoms with E-state index in [1.165, 1.54) is 6.42 Å². The van der Waals surface area contributed by atoms with Crippen LogP contribution in [0.4, 0.5) is 0 Å². The Morgan fingerprint density at radius 1 is 0.800 bits per heavy atom. The Labute approximate surface area is 338 Å². The van der Waals surface area contributed by atoms with E-state index in [1.54, 1.807) is 33.8 Å². The zero-order valence-corrected chi connectivity index (χ0v) is 36.8. The number of aliphatic hydroxyl groups is 1. The van der Waals surface area contributed by atoms with Gasteiger partial charge < -0.3 is 24.1 Å². The fourth-order valence-corrected chi connectivity index (χ4v) is 11.8. The highest BCUT2D eigenvalue weighted by Gasteiger charge is 2.62. The number of carbonyl (C=O) groups excluding carboxylic acids is 4. The topological polar surface area (TPSA) is 125 Å². The quantitative estimate of drug-likeness (QED) is 0.0572. The van der Waals surface area contributed by atoms with Crippen LogP contribution in [-0.4, -0.2) is 61.0 Å². The zero-order valence-electron chi connectivity index (χ0n) is 30.4. The van der Waals surface area contributed by atoms with Crippen molar-refractivity contribution in [3.8, 4) is 0 Å². The van der Waals surface area contributed by atoms with Crippen molar-refractivity contribution in [1.82, 2.24) is 0 Å². The zero-order chi connectivity index (χ0) is 37.2. The number of rotatable bonds is 16. The molecule has 280 valence electrons. The molecule has 0 aliphatic heterocycles. The molecule has 2 unspecified atom stereocenters. The van der Waals surface area contributed by atoms with E-state index < -0.39 is 45.7 Å². The van der Waals surface area contributed by atoms with Crippen LogP contribution >= 0.6 is 67.8 Å². The summed E-state index contributed by atoms with van der Waals surface area (Å²) >= 11 is 6.45. The van der Waals surface area contributed by atoms with Gasteiger partial charge in [0.05, 0.1) is 28.4 Å². The molecule has 50 heavy (non-hydrogen) atoms. The Bertz CT molecular complexity index is 1410. The van der Waals surface area contributed by atoms with Gasteiger partial charge >= 0.3 is 23.9 Å². The molecule has 4 saturated carbocycles. The number of aliphatic hydroxyl groups excluding tert-OH is 1. The molecule has 0 radical (unpaired) electrons. The first kappa shape index (κ1) is 42.0. The van der Waals surface area contributed by atoms with E-state index in [9.17, 15) is 24.3 Å². The van der Waals surface area contributed by atoms with Crippen molar-refractivity contribution >= 4 is 91.6 Å². The number of hydrogen-bond acceptors (Lipinski definition) is 9. The molecule has 1 aromatic carbocycles. The molecule has 0 spiro atoms. The van der Waals surface area contributed by atoms with E-state index in [1.807, 2.05) is 13.0 Å². The second-order valence-electron chi connectivity index (χ2n) is 16.3. The van der Waals surface area contributed by atoms with Crippen LogP contribution in [0.25, 0.3) is 0 Å². The summed E-state index contributed by atoms with van der Waals surface area (Å²) in [6.07, 6.45) is 6.08. The van der Waals surface area contributed by atoms with Crippen LogP contribution in [0, 0.1) is 56.5 Å². The van der Waals surface area contributed by atoms with Gasteiger partial charge in [0.2, 0.25) is 0 Å². The summed E-state index contributed by atoms with van der Waals surface area (Å²) < 4.78 is 26.0. The lowest BCUT2D eigenvalue weighted by atomic mass is 9.47. The van der Waals surface area contributed by atoms with E-state index >= 15 is 0 Å². The maximum Gasteiger partial charge on any atom is 0.339 e. The van der Waals surface area contributed by atoms with Gasteiger partial charge in [-0.25, -0.2) is 4.79 Å². The monoisotopic (exact) mass is 1030 g/mol. The number of benzene rings is 1. The molecular formula is C38H53I3O9. The van der Waals surface area contributed by atoms with Gasteiger partial charge in [-0.05, 0) is 189 Å². The Kier molecular flexibility index (Phi) is 14.0. The summed E-state index contributed by atoms with van der Waals surface area (Å²) in [4.78, 5) is 54.7. The Hall–Kier alpha value is -0.750. The van der Waals surface area contributed by atoms with Crippen molar-refractivity contribution in [2.24, 2.45) is 45.8 Å². The summed E-state index contributed by atoms with van der Waals surface area (Å²) in [5.74, 6) is 0.161. The predicted octanol–water partition coefficient (Wildman–Crippen LogP) is 8.36. The Morgan fingerprint density at radius 2 is 1.36 bits per heavy atom. The lowest BCUT2D eigenvalue weighted by molar-refractivity contribution is -0.234. The van der Waals surface area contributed by atoms with E-state index in [4.69, 9.17) is 18.9 Å². The summed E-state index contributed by atoms with van der Waals surface area (Å²) in [6.45, 7) is 12.5. The average molecular weight is 1030 g/mol. The minimum Gasteiger partial charge on any atom is -0.463 e. The number of ether oxygens (including phenoxy) is 4. The SMILES string of the molecule is CCC(C)(CC(C)(CC(C)(C)C(=O)OCCO)C(=O)OC1(C(C)C)C2CC3CC(C2)CC1C3)C(=O)OCCOC(=O)c1cc(I)cc(I)c1I. The largest absolute Gasteiger partial charge is 0.463 e. The van der Waals surface area contributed by atoms with E-state index in [0.29, 0.717) is 35.7 Å². The number of esters is 4. The molecule has 0 heterocycles. The van der Waals surface area contributed by atoms with Crippen LogP contribution in [0.3, 0.4) is 0 Å². The summed E-state index contributed by atoms with van der Waals surface area (Å²) in [7, 11) is 0. The lowest BCUT2D eigenvalue weighted by Crippen LogP contribution is -2.63. The van der Waals surface area contributed by atoms with E-state index in [0.717, 1.165) is 36.4 Å². The lowest BCUT2D eigenvalue weighted by Gasteiger charge is -2.62. The van der Waals surface area contributed by atoms with Crippen LogP contribution in [0.1, 0.15) is 110 Å². The van der Waals surface area contributed by atoms with Gasteiger partial charge in [-0.2, -0.15) is 0 Å². The first-order chi connectivity index (χ1) is 23.3. The van der Waals surface area contributed by atoms with Crippen LogP contribution in [0.5, 0.6) is 0 Å². The third-order valence-electron chi connectivity index (χ3n) is 11.6. The van der Waals surface area contributed by atoms with Crippen LogP contribution in [0.2, 0.25) is 0 Å². The fourth-order valence-electron chi connectivity index (χ4n) is 9.45. The summed E-state index contributed by atoms with van der Waals surface area (Å²) in [5, 5.41) is 9.29. The molecule has 4 fully saturated rings. The van der Waals surface area contributed by atoms with Crippen molar-refractivity contribution in [1.29, 1.82) is 0 Å². The van der Waals surface area contributed by atoms with Gasteiger partial charge in [0.1, 0.15) is 25.4 Å². The highest BCUT2D eigenvalue weighted by molar-refractivity contribution is 14.1. The molecule has 4 aliphatic carbocycles. The highest BCUT2D eigenvalue weighted by Crippen LogP contribution is 2.62. The summed E-state index contributed by atoms with van der Waals surface area (Å²) in [6, 6.07) is 3.74.